The summed E-state index contributed by atoms with van der Waals surface area (Å²) in [6.45, 7) is 8.05. The summed E-state index contributed by atoms with van der Waals surface area (Å²) < 4.78 is 13.0. The second-order valence-corrected chi connectivity index (χ2v) is 6.40. The number of hydrogen-bond donors (Lipinski definition) is 0. The van der Waals surface area contributed by atoms with Crippen LogP contribution in [0.15, 0.2) is 24.3 Å². The van der Waals surface area contributed by atoms with Gasteiger partial charge in [0.05, 0.1) is 0 Å². The van der Waals surface area contributed by atoms with Crippen LogP contribution in [0.3, 0.4) is 0 Å². The predicted molar refractivity (Wildman–Crippen MR) is 97.0 cm³/mol. The highest BCUT2D eigenvalue weighted by molar-refractivity contribution is 5.97. The molecular weight excluding hydrogens is 321 g/mol. The molecule has 2 rings (SSSR count). The summed E-state index contributed by atoms with van der Waals surface area (Å²) in [6.07, 6.45) is 1.75. The maximum absolute atomic E-state index is 13.0. The molecule has 0 aromatic heterocycles. The highest BCUT2D eigenvalue weighted by atomic mass is 19.1. The van der Waals surface area contributed by atoms with E-state index in [1.54, 1.807) is 21.9 Å². The Kier molecular flexibility index (Phi) is 7.22. The monoisotopic (exact) mass is 349 g/mol. The minimum absolute atomic E-state index is 0.0451. The Balaban J connectivity index is 1.84. The van der Waals surface area contributed by atoms with Crippen molar-refractivity contribution in [2.75, 3.05) is 44.2 Å². The lowest BCUT2D eigenvalue weighted by atomic mass is 10.2. The third-order valence-electron chi connectivity index (χ3n) is 4.47. The zero-order valence-electron chi connectivity index (χ0n) is 15.2. The van der Waals surface area contributed by atoms with Gasteiger partial charge in [0, 0.05) is 45.0 Å². The SMILES string of the molecule is CCCN(CCC)C(=O)CC(=O)N1CCN(c2ccc(F)cc2)CC1. The first-order valence-corrected chi connectivity index (χ1v) is 9.11. The first kappa shape index (κ1) is 19.2. The minimum atomic E-state index is -0.250. The fourth-order valence-electron chi connectivity index (χ4n) is 3.12. The molecule has 5 nitrogen and oxygen atoms in total. The highest BCUT2D eigenvalue weighted by Crippen LogP contribution is 2.17. The molecule has 6 heteroatoms. The number of anilines is 1. The summed E-state index contributed by atoms with van der Waals surface area (Å²) in [5.41, 5.74) is 0.960. The van der Waals surface area contributed by atoms with Crippen LogP contribution >= 0.6 is 0 Å². The number of amides is 2. The lowest BCUT2D eigenvalue weighted by Crippen LogP contribution is -2.49. The second-order valence-electron chi connectivity index (χ2n) is 6.40. The van der Waals surface area contributed by atoms with E-state index < -0.39 is 0 Å². The lowest BCUT2D eigenvalue weighted by molar-refractivity contribution is -0.140. The Labute approximate surface area is 149 Å². The Morgan fingerprint density at radius 2 is 1.56 bits per heavy atom. The molecule has 0 atom stereocenters. The molecule has 1 aromatic carbocycles. The largest absolute Gasteiger partial charge is 0.368 e. The first-order valence-electron chi connectivity index (χ1n) is 9.11. The Morgan fingerprint density at radius 3 is 2.08 bits per heavy atom. The number of nitrogens with zero attached hydrogens (tertiary/aromatic N) is 3. The number of benzene rings is 1. The number of piperazine rings is 1. The van der Waals surface area contributed by atoms with Crippen LogP contribution in [0.2, 0.25) is 0 Å². The van der Waals surface area contributed by atoms with Gasteiger partial charge in [-0.1, -0.05) is 13.8 Å². The van der Waals surface area contributed by atoms with Crippen molar-refractivity contribution < 1.29 is 14.0 Å². The first-order chi connectivity index (χ1) is 12.0. The van der Waals surface area contributed by atoms with Crippen molar-refractivity contribution in [2.24, 2.45) is 0 Å². The van der Waals surface area contributed by atoms with E-state index in [0.717, 1.165) is 18.5 Å². The Hall–Kier alpha value is -2.11. The summed E-state index contributed by atoms with van der Waals surface area (Å²) in [7, 11) is 0. The van der Waals surface area contributed by atoms with Crippen LogP contribution in [0.25, 0.3) is 0 Å². The van der Waals surface area contributed by atoms with Gasteiger partial charge < -0.3 is 14.7 Å². The van der Waals surface area contributed by atoms with Crippen molar-refractivity contribution in [1.82, 2.24) is 9.80 Å². The molecule has 0 unspecified atom stereocenters. The van der Waals surface area contributed by atoms with Crippen LogP contribution in [0.1, 0.15) is 33.1 Å². The highest BCUT2D eigenvalue weighted by Gasteiger charge is 2.24. The zero-order chi connectivity index (χ0) is 18.2. The van der Waals surface area contributed by atoms with Gasteiger partial charge in [-0.05, 0) is 37.1 Å². The maximum atomic E-state index is 13.0. The van der Waals surface area contributed by atoms with E-state index in [1.165, 1.54) is 12.1 Å². The normalized spacial score (nSPS) is 14.5. The van der Waals surface area contributed by atoms with Gasteiger partial charge in [0.1, 0.15) is 12.2 Å². The lowest BCUT2D eigenvalue weighted by Gasteiger charge is -2.36. The summed E-state index contributed by atoms with van der Waals surface area (Å²) in [4.78, 5) is 30.4. The van der Waals surface area contributed by atoms with E-state index >= 15 is 0 Å². The fourth-order valence-corrected chi connectivity index (χ4v) is 3.12. The summed E-state index contributed by atoms with van der Waals surface area (Å²) >= 11 is 0. The van der Waals surface area contributed by atoms with Crippen LogP contribution < -0.4 is 4.90 Å². The van der Waals surface area contributed by atoms with Crippen LogP contribution in [-0.4, -0.2) is 60.9 Å². The number of rotatable bonds is 7. The van der Waals surface area contributed by atoms with Crippen molar-refractivity contribution in [3.63, 3.8) is 0 Å². The molecule has 0 radical (unpaired) electrons. The van der Waals surface area contributed by atoms with Crippen molar-refractivity contribution >= 4 is 17.5 Å². The third-order valence-corrected chi connectivity index (χ3v) is 4.47. The number of carbonyl (C=O) groups is 2. The van der Waals surface area contributed by atoms with Gasteiger partial charge in [-0.2, -0.15) is 0 Å². The summed E-state index contributed by atoms with van der Waals surface area (Å²) in [6, 6.07) is 6.40. The van der Waals surface area contributed by atoms with Crippen LogP contribution in [0.5, 0.6) is 0 Å². The summed E-state index contributed by atoms with van der Waals surface area (Å²) in [5.74, 6) is -0.421. The number of hydrogen-bond acceptors (Lipinski definition) is 3. The summed E-state index contributed by atoms with van der Waals surface area (Å²) in [5, 5.41) is 0. The molecule has 1 heterocycles. The van der Waals surface area contributed by atoms with Crippen LogP contribution in [-0.2, 0) is 9.59 Å². The molecule has 0 spiro atoms. The van der Waals surface area contributed by atoms with Crippen molar-refractivity contribution in [2.45, 2.75) is 33.1 Å². The fraction of sp³-hybridized carbons (Fsp3) is 0.579. The van der Waals surface area contributed by atoms with E-state index in [9.17, 15) is 14.0 Å². The average molecular weight is 349 g/mol. The molecule has 1 fully saturated rings. The smallest absolute Gasteiger partial charge is 0.232 e. The maximum Gasteiger partial charge on any atom is 0.232 e. The molecule has 1 saturated heterocycles. The molecule has 0 aliphatic carbocycles. The zero-order valence-corrected chi connectivity index (χ0v) is 15.2. The number of carbonyl (C=O) groups excluding carboxylic acids is 2. The van der Waals surface area contributed by atoms with E-state index in [4.69, 9.17) is 0 Å². The van der Waals surface area contributed by atoms with E-state index in [0.29, 0.717) is 39.3 Å². The molecular formula is C19H28FN3O2. The van der Waals surface area contributed by atoms with E-state index in [-0.39, 0.29) is 24.1 Å². The van der Waals surface area contributed by atoms with Gasteiger partial charge in [0.2, 0.25) is 11.8 Å². The Morgan fingerprint density at radius 1 is 1.00 bits per heavy atom. The molecule has 25 heavy (non-hydrogen) atoms. The van der Waals surface area contributed by atoms with E-state index in [2.05, 4.69) is 4.90 Å². The van der Waals surface area contributed by atoms with Crippen molar-refractivity contribution in [3.05, 3.63) is 30.1 Å². The molecule has 1 aromatic rings. The van der Waals surface area contributed by atoms with Gasteiger partial charge in [-0.25, -0.2) is 4.39 Å². The minimum Gasteiger partial charge on any atom is -0.368 e. The van der Waals surface area contributed by atoms with Gasteiger partial charge >= 0.3 is 0 Å². The standard InChI is InChI=1S/C19H28FN3O2/c1-3-9-22(10-4-2)18(24)15-19(25)23-13-11-21(12-14-23)17-7-5-16(20)6-8-17/h5-8H,3-4,9-15H2,1-2H3. The molecule has 0 bridgehead atoms. The van der Waals surface area contributed by atoms with Crippen LogP contribution in [0, 0.1) is 5.82 Å². The predicted octanol–water partition coefficient (Wildman–Crippen LogP) is 2.51. The van der Waals surface area contributed by atoms with Gasteiger partial charge in [0.25, 0.3) is 0 Å². The van der Waals surface area contributed by atoms with E-state index in [1.807, 2.05) is 13.8 Å². The molecule has 0 N–H and O–H groups in total. The molecule has 1 aliphatic rings. The van der Waals surface area contributed by atoms with Gasteiger partial charge in [-0.3, -0.25) is 9.59 Å². The van der Waals surface area contributed by atoms with Gasteiger partial charge in [0.15, 0.2) is 0 Å². The number of halogens is 1. The topological polar surface area (TPSA) is 43.9 Å². The second kappa shape index (κ2) is 9.39. The molecule has 1 aliphatic heterocycles. The average Bonchev–Trinajstić information content (AvgIpc) is 2.62. The van der Waals surface area contributed by atoms with Crippen molar-refractivity contribution in [3.8, 4) is 0 Å². The van der Waals surface area contributed by atoms with Crippen molar-refractivity contribution in [1.29, 1.82) is 0 Å². The third kappa shape index (κ3) is 5.44. The molecule has 0 saturated carbocycles. The molecule has 138 valence electrons. The Bertz CT molecular complexity index is 563. The quantitative estimate of drug-likeness (QED) is 0.711. The van der Waals surface area contributed by atoms with Crippen LogP contribution in [0.4, 0.5) is 10.1 Å². The molecule has 2 amide bonds. The van der Waals surface area contributed by atoms with Gasteiger partial charge in [-0.15, -0.1) is 0 Å².